The van der Waals surface area contributed by atoms with Crippen LogP contribution in [0.2, 0.25) is 0 Å². The first-order chi connectivity index (χ1) is 29.5. The number of aromatic nitrogens is 5. The SMILES string of the molecule is C=C/C=C(\C=C)c1cccc(-c2nc(-c3cccc(-c4ccccc4)c3)nc(-c3cccc(-n4c5ccccc5c5ccc6c(ccn6C(/C=C\C)=C(\C)C=C)c54)c3)n2)c1. The summed E-state index contributed by atoms with van der Waals surface area (Å²) in [5.41, 5.74) is 13.4. The van der Waals surface area contributed by atoms with Crippen LogP contribution >= 0.6 is 0 Å². The molecule has 0 radical (unpaired) electrons. The monoisotopic (exact) mass is 773 g/mol. The second kappa shape index (κ2) is 16.2. The number of nitrogens with zero attached hydrogens (tertiary/aromatic N) is 5. The van der Waals surface area contributed by atoms with Gasteiger partial charge >= 0.3 is 0 Å². The van der Waals surface area contributed by atoms with Crippen molar-refractivity contribution < 1.29 is 0 Å². The van der Waals surface area contributed by atoms with Crippen molar-refractivity contribution in [2.45, 2.75) is 13.8 Å². The van der Waals surface area contributed by atoms with Crippen LogP contribution < -0.4 is 0 Å². The third-order valence-corrected chi connectivity index (χ3v) is 11.0. The minimum Gasteiger partial charge on any atom is -0.316 e. The number of benzene rings is 6. The van der Waals surface area contributed by atoms with Crippen LogP contribution in [-0.2, 0) is 0 Å². The molecule has 0 aliphatic carbocycles. The smallest absolute Gasteiger partial charge is 0.164 e. The van der Waals surface area contributed by atoms with Crippen LogP contribution in [-0.4, -0.2) is 24.1 Å². The minimum atomic E-state index is 0.578. The summed E-state index contributed by atoms with van der Waals surface area (Å²) >= 11 is 0. The Morgan fingerprint density at radius 2 is 1.20 bits per heavy atom. The van der Waals surface area contributed by atoms with Gasteiger partial charge < -0.3 is 9.13 Å². The van der Waals surface area contributed by atoms with Gasteiger partial charge in [-0.05, 0) is 90.2 Å². The van der Waals surface area contributed by atoms with Crippen molar-refractivity contribution in [2.75, 3.05) is 0 Å². The first-order valence-corrected chi connectivity index (χ1v) is 20.1. The van der Waals surface area contributed by atoms with Crippen molar-refractivity contribution in [3.63, 3.8) is 0 Å². The van der Waals surface area contributed by atoms with E-state index in [4.69, 9.17) is 15.0 Å². The largest absolute Gasteiger partial charge is 0.316 e. The molecule has 0 saturated carbocycles. The first kappa shape index (κ1) is 37.7. The molecule has 0 unspecified atom stereocenters. The molecule has 0 saturated heterocycles. The molecule has 0 aliphatic rings. The Bertz CT molecular complexity index is 3220. The molecule has 5 heteroatoms. The van der Waals surface area contributed by atoms with E-state index < -0.39 is 0 Å². The Labute approximate surface area is 350 Å². The summed E-state index contributed by atoms with van der Waals surface area (Å²) in [5, 5.41) is 3.53. The highest BCUT2D eigenvalue weighted by molar-refractivity contribution is 6.18. The summed E-state index contributed by atoms with van der Waals surface area (Å²) < 4.78 is 4.63. The van der Waals surface area contributed by atoms with E-state index in [2.05, 4.69) is 182 Å². The molecule has 0 atom stereocenters. The lowest BCUT2D eigenvalue weighted by atomic mass is 10.0. The van der Waals surface area contributed by atoms with Crippen molar-refractivity contribution in [3.8, 4) is 51.0 Å². The van der Waals surface area contributed by atoms with Crippen molar-refractivity contribution in [3.05, 3.63) is 219 Å². The lowest BCUT2D eigenvalue weighted by Gasteiger charge is -2.13. The van der Waals surface area contributed by atoms with Gasteiger partial charge in [-0.25, -0.2) is 15.0 Å². The summed E-state index contributed by atoms with van der Waals surface area (Å²) in [4.78, 5) is 15.5. The van der Waals surface area contributed by atoms with Gasteiger partial charge in [-0.1, -0.05) is 153 Å². The number of allylic oxidation sites excluding steroid dienone is 9. The Morgan fingerprint density at radius 3 is 1.92 bits per heavy atom. The van der Waals surface area contributed by atoms with Crippen molar-refractivity contribution in [1.82, 2.24) is 24.1 Å². The molecule has 9 rings (SSSR count). The summed E-state index contributed by atoms with van der Waals surface area (Å²) in [6.45, 7) is 16.2. The van der Waals surface area contributed by atoms with Gasteiger partial charge in [0.25, 0.3) is 0 Å². The molecule has 0 bridgehead atoms. The lowest BCUT2D eigenvalue weighted by Crippen LogP contribution is -2.01. The van der Waals surface area contributed by atoms with E-state index in [1.165, 1.54) is 10.8 Å². The summed E-state index contributed by atoms with van der Waals surface area (Å²) in [5.74, 6) is 1.75. The molecule has 5 nitrogen and oxygen atoms in total. The van der Waals surface area contributed by atoms with Gasteiger partial charge in [-0.15, -0.1) is 0 Å². The predicted molar refractivity (Wildman–Crippen MR) is 254 cm³/mol. The normalized spacial score (nSPS) is 12.3. The van der Waals surface area contributed by atoms with Crippen LogP contribution in [0.5, 0.6) is 0 Å². The molecular formula is C55H43N5. The molecule has 9 aromatic rings. The first-order valence-electron chi connectivity index (χ1n) is 20.1. The second-order valence-corrected chi connectivity index (χ2v) is 14.7. The average molecular weight is 774 g/mol. The maximum Gasteiger partial charge on any atom is 0.164 e. The summed E-state index contributed by atoms with van der Waals surface area (Å²) in [6.07, 6.45) is 13.8. The Balaban J connectivity index is 1.25. The molecule has 0 amide bonds. The van der Waals surface area contributed by atoms with E-state index in [0.717, 1.165) is 77.8 Å². The predicted octanol–water partition coefficient (Wildman–Crippen LogP) is 14.3. The average Bonchev–Trinajstić information content (AvgIpc) is 3.89. The molecular weight excluding hydrogens is 731 g/mol. The van der Waals surface area contributed by atoms with Gasteiger partial charge in [0.15, 0.2) is 17.5 Å². The van der Waals surface area contributed by atoms with E-state index in [-0.39, 0.29) is 0 Å². The van der Waals surface area contributed by atoms with Gasteiger partial charge in [-0.3, -0.25) is 0 Å². The van der Waals surface area contributed by atoms with Gasteiger partial charge in [-0.2, -0.15) is 0 Å². The number of rotatable bonds is 11. The number of hydrogen-bond donors (Lipinski definition) is 0. The molecule has 0 spiro atoms. The zero-order chi connectivity index (χ0) is 41.2. The van der Waals surface area contributed by atoms with E-state index in [9.17, 15) is 0 Å². The van der Waals surface area contributed by atoms with Gasteiger partial charge in [0.2, 0.25) is 0 Å². The molecule has 288 valence electrons. The van der Waals surface area contributed by atoms with Crippen LogP contribution in [0.4, 0.5) is 0 Å². The molecule has 0 aliphatic heterocycles. The van der Waals surface area contributed by atoms with E-state index in [0.29, 0.717) is 17.5 Å². The summed E-state index contributed by atoms with van der Waals surface area (Å²) in [7, 11) is 0. The third kappa shape index (κ3) is 6.82. The minimum absolute atomic E-state index is 0.578. The molecule has 6 aromatic carbocycles. The van der Waals surface area contributed by atoms with E-state index in [1.54, 1.807) is 6.08 Å². The Kier molecular flexibility index (Phi) is 10.1. The fraction of sp³-hybridized carbons (Fsp3) is 0.0364. The van der Waals surface area contributed by atoms with Gasteiger partial charge in [0, 0.05) is 50.4 Å². The van der Waals surface area contributed by atoms with Gasteiger partial charge in [0.05, 0.1) is 16.6 Å². The van der Waals surface area contributed by atoms with Crippen LogP contribution in [0.3, 0.4) is 0 Å². The maximum absolute atomic E-state index is 5.20. The van der Waals surface area contributed by atoms with Crippen molar-refractivity contribution >= 4 is 44.0 Å². The summed E-state index contributed by atoms with van der Waals surface area (Å²) in [6, 6.07) is 50.8. The fourth-order valence-electron chi connectivity index (χ4n) is 8.08. The quantitative estimate of drug-likeness (QED) is 0.123. The Hall–Kier alpha value is -7.89. The molecule has 60 heavy (non-hydrogen) atoms. The van der Waals surface area contributed by atoms with Crippen LogP contribution in [0.1, 0.15) is 19.4 Å². The highest BCUT2D eigenvalue weighted by Gasteiger charge is 2.19. The molecule has 0 N–H and O–H groups in total. The van der Waals surface area contributed by atoms with Crippen LogP contribution in [0.15, 0.2) is 214 Å². The zero-order valence-electron chi connectivity index (χ0n) is 33.8. The zero-order valence-corrected chi connectivity index (χ0v) is 33.8. The molecule has 0 fully saturated rings. The van der Waals surface area contributed by atoms with Crippen molar-refractivity contribution in [1.29, 1.82) is 0 Å². The third-order valence-electron chi connectivity index (χ3n) is 11.0. The fourth-order valence-corrected chi connectivity index (χ4v) is 8.08. The topological polar surface area (TPSA) is 48.5 Å². The second-order valence-electron chi connectivity index (χ2n) is 14.7. The standard InChI is InChI=1S/C55H43N5/c1-6-18-38(9-4)40-22-15-24-42(34-40)53-56-54(43-25-16-23-41(35-43)39-20-11-10-12-21-39)58-55(57-53)44-26-17-27-45(36-44)60-51-29-14-13-28-46(51)47-30-31-50-48(52(47)60)32-33-59(50)49(19-7-2)37(5)8-3/h6-36H,1,3-4H2,2,5H3/b19-7-,38-18+,49-37+. The van der Waals surface area contributed by atoms with E-state index >= 15 is 0 Å². The highest BCUT2D eigenvalue weighted by atomic mass is 15.0. The number of fused-ring (bicyclic) bond motifs is 5. The molecule has 3 aromatic heterocycles. The van der Waals surface area contributed by atoms with E-state index in [1.807, 2.05) is 43.4 Å². The molecule has 3 heterocycles. The maximum atomic E-state index is 5.20. The number of hydrogen-bond acceptors (Lipinski definition) is 3. The van der Waals surface area contributed by atoms with Crippen LogP contribution in [0, 0.1) is 0 Å². The Morgan fingerprint density at radius 1 is 0.550 bits per heavy atom. The van der Waals surface area contributed by atoms with Crippen LogP contribution in [0.25, 0.3) is 95.0 Å². The number of para-hydroxylation sites is 1. The highest BCUT2D eigenvalue weighted by Crippen LogP contribution is 2.39. The van der Waals surface area contributed by atoms with Crippen molar-refractivity contribution in [2.24, 2.45) is 0 Å². The van der Waals surface area contributed by atoms with Gasteiger partial charge in [0.1, 0.15) is 0 Å². The lowest BCUT2D eigenvalue weighted by molar-refractivity contribution is 1.07.